The van der Waals surface area contributed by atoms with E-state index >= 15 is 0 Å². The molecule has 4 rings (SSSR count). The Balaban J connectivity index is 1.16. The molecule has 0 saturated heterocycles. The van der Waals surface area contributed by atoms with Crippen molar-refractivity contribution in [1.82, 2.24) is 45.8 Å². The molecule has 2 N–H and O–H groups in total. The van der Waals surface area contributed by atoms with E-state index in [1.807, 2.05) is 36.4 Å². The molecule has 0 unspecified atom stereocenters. The van der Waals surface area contributed by atoms with Crippen LogP contribution in [0.3, 0.4) is 0 Å². The van der Waals surface area contributed by atoms with Crippen LogP contribution in [0.5, 0.6) is 0 Å². The van der Waals surface area contributed by atoms with Crippen molar-refractivity contribution in [3.63, 3.8) is 0 Å². The highest BCUT2D eigenvalue weighted by molar-refractivity contribution is 7.13. The smallest absolute Gasteiger partial charge is 0.282 e. The molecule has 4 aromatic rings. The molecule has 0 saturated carbocycles. The van der Waals surface area contributed by atoms with Gasteiger partial charge in [-0.1, -0.05) is 28.7 Å². The van der Waals surface area contributed by atoms with Crippen molar-refractivity contribution < 1.29 is 9.59 Å². The van der Waals surface area contributed by atoms with Crippen LogP contribution in [0.1, 0.15) is 49.5 Å². The summed E-state index contributed by atoms with van der Waals surface area (Å²) in [6.07, 6.45) is 7.35. The van der Waals surface area contributed by atoms with Crippen LogP contribution in [0.4, 0.5) is 0 Å². The SMILES string of the molecule is O=C(NCc1ccccn1)c1cn(CCCCc2nnc(C(=O)NCc3ccccn3)s2)nn1. The lowest BCUT2D eigenvalue weighted by Crippen LogP contribution is -2.23. The lowest BCUT2D eigenvalue weighted by atomic mass is 10.2. The molecule has 34 heavy (non-hydrogen) atoms. The normalized spacial score (nSPS) is 10.7. The number of aromatic nitrogens is 7. The molecular formula is C22H23N9O2S. The number of pyridine rings is 2. The molecule has 12 heteroatoms. The number of carbonyl (C=O) groups excluding carboxylic acids is 2. The average molecular weight is 478 g/mol. The largest absolute Gasteiger partial charge is 0.345 e. The molecule has 0 aliphatic carbocycles. The van der Waals surface area contributed by atoms with E-state index < -0.39 is 0 Å². The summed E-state index contributed by atoms with van der Waals surface area (Å²) in [7, 11) is 0. The number of carbonyl (C=O) groups is 2. The van der Waals surface area contributed by atoms with Crippen molar-refractivity contribution in [3.05, 3.63) is 82.1 Å². The molecular weight excluding hydrogens is 454 g/mol. The van der Waals surface area contributed by atoms with Crippen LogP contribution in [0.25, 0.3) is 0 Å². The van der Waals surface area contributed by atoms with Crippen molar-refractivity contribution >= 4 is 23.2 Å². The Labute approximate surface area is 199 Å². The minimum absolute atomic E-state index is 0.258. The van der Waals surface area contributed by atoms with E-state index in [2.05, 4.69) is 41.1 Å². The fourth-order valence-electron chi connectivity index (χ4n) is 3.02. The summed E-state index contributed by atoms with van der Waals surface area (Å²) in [5, 5.41) is 22.8. The van der Waals surface area contributed by atoms with Gasteiger partial charge in [0.25, 0.3) is 11.8 Å². The first kappa shape index (κ1) is 23.1. The Hall–Kier alpha value is -4.06. The zero-order chi connectivity index (χ0) is 23.6. The van der Waals surface area contributed by atoms with Gasteiger partial charge in [-0.15, -0.1) is 15.3 Å². The Kier molecular flexibility index (Phi) is 7.95. The first-order valence-electron chi connectivity index (χ1n) is 10.8. The van der Waals surface area contributed by atoms with Gasteiger partial charge in [-0.25, -0.2) is 0 Å². The summed E-state index contributed by atoms with van der Waals surface area (Å²) < 4.78 is 1.65. The summed E-state index contributed by atoms with van der Waals surface area (Å²) >= 11 is 1.29. The standard InChI is InChI=1S/C22H23N9O2S/c32-20(25-13-16-7-1-4-10-23-16)18-15-31(30-27-18)12-6-3-9-19-28-29-22(34-19)21(33)26-14-17-8-2-5-11-24-17/h1-2,4-5,7-8,10-11,15H,3,6,9,12-14H2,(H,25,32)(H,26,33). The summed E-state index contributed by atoms with van der Waals surface area (Å²) in [4.78, 5) is 32.8. The summed E-state index contributed by atoms with van der Waals surface area (Å²) in [5.74, 6) is -0.550. The molecule has 2 amide bonds. The van der Waals surface area contributed by atoms with Crippen LogP contribution < -0.4 is 10.6 Å². The zero-order valence-electron chi connectivity index (χ0n) is 18.3. The fourth-order valence-corrected chi connectivity index (χ4v) is 3.82. The number of rotatable bonds is 11. The van der Waals surface area contributed by atoms with E-state index in [1.165, 1.54) is 11.3 Å². The Morgan fingerprint density at radius 3 is 2.24 bits per heavy atom. The number of unbranched alkanes of at least 4 members (excludes halogenated alkanes) is 1. The van der Waals surface area contributed by atoms with E-state index in [9.17, 15) is 9.59 Å². The lowest BCUT2D eigenvalue weighted by Gasteiger charge is -2.01. The summed E-state index contributed by atoms with van der Waals surface area (Å²) in [6.45, 7) is 1.30. The van der Waals surface area contributed by atoms with Crippen molar-refractivity contribution in [2.45, 2.75) is 38.9 Å². The van der Waals surface area contributed by atoms with Gasteiger partial charge in [0.15, 0.2) is 5.69 Å². The fraction of sp³-hybridized carbons (Fsp3) is 0.273. The van der Waals surface area contributed by atoms with Crippen molar-refractivity contribution in [1.29, 1.82) is 0 Å². The van der Waals surface area contributed by atoms with Gasteiger partial charge in [0.2, 0.25) is 5.01 Å². The van der Waals surface area contributed by atoms with Crippen LogP contribution >= 0.6 is 11.3 Å². The molecule has 4 heterocycles. The minimum atomic E-state index is -0.292. The maximum absolute atomic E-state index is 12.2. The number of hydrogen-bond acceptors (Lipinski definition) is 9. The first-order valence-corrected chi connectivity index (χ1v) is 11.6. The van der Waals surface area contributed by atoms with Gasteiger partial charge in [0, 0.05) is 25.4 Å². The first-order chi connectivity index (χ1) is 16.7. The zero-order valence-corrected chi connectivity index (χ0v) is 19.1. The van der Waals surface area contributed by atoms with Crippen LogP contribution in [-0.2, 0) is 26.1 Å². The molecule has 0 radical (unpaired) electrons. The van der Waals surface area contributed by atoms with E-state index in [0.717, 1.165) is 29.2 Å². The topological polar surface area (TPSA) is 140 Å². The molecule has 0 bridgehead atoms. The molecule has 0 aliphatic rings. The molecule has 0 aromatic carbocycles. The molecule has 11 nitrogen and oxygen atoms in total. The Morgan fingerprint density at radius 2 is 1.56 bits per heavy atom. The second-order valence-electron chi connectivity index (χ2n) is 7.33. The van der Waals surface area contributed by atoms with E-state index in [0.29, 0.717) is 31.1 Å². The third kappa shape index (κ3) is 6.72. The predicted octanol–water partition coefficient (Wildman–Crippen LogP) is 1.80. The van der Waals surface area contributed by atoms with Crippen molar-refractivity contribution in [2.24, 2.45) is 0 Å². The van der Waals surface area contributed by atoms with Gasteiger partial charge in [-0.05, 0) is 37.1 Å². The van der Waals surface area contributed by atoms with Crippen LogP contribution in [0, 0.1) is 0 Å². The lowest BCUT2D eigenvalue weighted by molar-refractivity contribution is 0.0939. The highest BCUT2D eigenvalue weighted by Gasteiger charge is 2.13. The second kappa shape index (κ2) is 11.7. The Morgan fingerprint density at radius 1 is 0.853 bits per heavy atom. The van der Waals surface area contributed by atoms with Crippen LogP contribution in [0.15, 0.2) is 55.0 Å². The van der Waals surface area contributed by atoms with Gasteiger partial charge < -0.3 is 10.6 Å². The highest BCUT2D eigenvalue weighted by Crippen LogP contribution is 2.13. The van der Waals surface area contributed by atoms with Gasteiger partial charge in [-0.3, -0.25) is 24.2 Å². The van der Waals surface area contributed by atoms with Crippen LogP contribution in [-0.4, -0.2) is 47.0 Å². The van der Waals surface area contributed by atoms with E-state index in [-0.39, 0.29) is 17.5 Å². The predicted molar refractivity (Wildman–Crippen MR) is 124 cm³/mol. The molecule has 0 fully saturated rings. The minimum Gasteiger partial charge on any atom is -0.345 e. The van der Waals surface area contributed by atoms with Gasteiger partial charge >= 0.3 is 0 Å². The highest BCUT2D eigenvalue weighted by atomic mass is 32.1. The number of nitrogens with zero attached hydrogens (tertiary/aromatic N) is 7. The Bertz CT molecular complexity index is 1120. The maximum atomic E-state index is 12.2. The summed E-state index contributed by atoms with van der Waals surface area (Å²) in [6, 6.07) is 11.1. The number of aryl methyl sites for hydroxylation is 2. The van der Waals surface area contributed by atoms with E-state index in [4.69, 9.17) is 0 Å². The quantitative estimate of drug-likeness (QED) is 0.312. The van der Waals surface area contributed by atoms with Crippen LogP contribution in [0.2, 0.25) is 0 Å². The number of hydrogen-bond donors (Lipinski definition) is 2. The molecule has 4 aromatic heterocycles. The molecule has 0 aliphatic heterocycles. The third-order valence-electron chi connectivity index (χ3n) is 4.77. The van der Waals surface area contributed by atoms with Gasteiger partial charge in [-0.2, -0.15) is 0 Å². The average Bonchev–Trinajstić information content (AvgIpc) is 3.55. The molecule has 174 valence electrons. The molecule has 0 atom stereocenters. The summed E-state index contributed by atoms with van der Waals surface area (Å²) in [5.41, 5.74) is 1.82. The van der Waals surface area contributed by atoms with Gasteiger partial charge in [0.05, 0.1) is 30.7 Å². The third-order valence-corrected chi connectivity index (χ3v) is 5.75. The monoisotopic (exact) mass is 477 g/mol. The molecule has 0 spiro atoms. The van der Waals surface area contributed by atoms with Crippen molar-refractivity contribution in [3.8, 4) is 0 Å². The van der Waals surface area contributed by atoms with E-state index in [1.54, 1.807) is 23.3 Å². The van der Waals surface area contributed by atoms with Gasteiger partial charge in [0.1, 0.15) is 5.01 Å². The maximum Gasteiger partial charge on any atom is 0.282 e. The number of amides is 2. The number of nitrogens with one attached hydrogen (secondary N) is 2. The second-order valence-corrected chi connectivity index (χ2v) is 8.39. The van der Waals surface area contributed by atoms with Crippen molar-refractivity contribution in [2.75, 3.05) is 0 Å².